The SMILES string of the molecule is COc1cc(OC)c(C2=CCN(C(=O)c3cc(SC)ccc3[N+](=O)[O-])CC2)c(OC)c1. The predicted octanol–water partition coefficient (Wildman–Crippen LogP) is 4.27. The van der Waals surface area contributed by atoms with Gasteiger partial charge in [-0.1, -0.05) is 6.08 Å². The Kier molecular flexibility index (Phi) is 7.06. The molecular formula is C22H24N2O6S. The summed E-state index contributed by atoms with van der Waals surface area (Å²) in [7, 11) is 4.73. The normalized spacial score (nSPS) is 13.4. The van der Waals surface area contributed by atoms with Gasteiger partial charge >= 0.3 is 0 Å². The second kappa shape index (κ2) is 9.74. The second-order valence-corrected chi connectivity index (χ2v) is 7.66. The Hall–Kier alpha value is -3.20. The highest BCUT2D eigenvalue weighted by molar-refractivity contribution is 7.98. The zero-order valence-corrected chi connectivity index (χ0v) is 18.7. The average molecular weight is 445 g/mol. The molecule has 0 fully saturated rings. The van der Waals surface area contributed by atoms with E-state index in [2.05, 4.69) is 0 Å². The van der Waals surface area contributed by atoms with Gasteiger partial charge in [-0.25, -0.2) is 0 Å². The molecule has 0 atom stereocenters. The summed E-state index contributed by atoms with van der Waals surface area (Å²) < 4.78 is 16.4. The molecule has 0 saturated carbocycles. The van der Waals surface area contributed by atoms with Gasteiger partial charge in [0.25, 0.3) is 11.6 Å². The van der Waals surface area contributed by atoms with E-state index in [1.807, 2.05) is 12.3 Å². The lowest BCUT2D eigenvalue weighted by molar-refractivity contribution is -0.385. The van der Waals surface area contributed by atoms with E-state index >= 15 is 0 Å². The molecule has 1 aliphatic rings. The molecule has 8 nitrogen and oxygen atoms in total. The molecule has 9 heteroatoms. The zero-order chi connectivity index (χ0) is 22.5. The summed E-state index contributed by atoms with van der Waals surface area (Å²) in [5, 5.41) is 11.4. The number of carbonyl (C=O) groups is 1. The quantitative estimate of drug-likeness (QED) is 0.358. The highest BCUT2D eigenvalue weighted by Gasteiger charge is 2.28. The van der Waals surface area contributed by atoms with E-state index in [0.29, 0.717) is 36.8 Å². The Balaban J connectivity index is 1.91. The van der Waals surface area contributed by atoms with Gasteiger partial charge in [-0.3, -0.25) is 14.9 Å². The molecule has 3 rings (SSSR count). The van der Waals surface area contributed by atoms with E-state index < -0.39 is 4.92 Å². The van der Waals surface area contributed by atoms with Gasteiger partial charge in [-0.2, -0.15) is 0 Å². The first-order valence-corrected chi connectivity index (χ1v) is 10.8. The molecule has 1 amide bonds. The first-order valence-electron chi connectivity index (χ1n) is 9.54. The highest BCUT2D eigenvalue weighted by Crippen LogP contribution is 2.41. The minimum atomic E-state index is -0.518. The lowest BCUT2D eigenvalue weighted by Gasteiger charge is -2.28. The summed E-state index contributed by atoms with van der Waals surface area (Å²) in [5.41, 5.74) is 1.71. The van der Waals surface area contributed by atoms with E-state index in [0.717, 1.165) is 16.0 Å². The topological polar surface area (TPSA) is 91.1 Å². The summed E-state index contributed by atoms with van der Waals surface area (Å²) in [6, 6.07) is 8.19. The van der Waals surface area contributed by atoms with E-state index in [-0.39, 0.29) is 17.2 Å². The van der Waals surface area contributed by atoms with Gasteiger partial charge in [0.05, 0.1) is 31.8 Å². The first-order chi connectivity index (χ1) is 14.9. The van der Waals surface area contributed by atoms with Gasteiger partial charge in [0.15, 0.2) is 0 Å². The van der Waals surface area contributed by atoms with Crippen molar-refractivity contribution >= 4 is 28.9 Å². The Morgan fingerprint density at radius 2 is 1.77 bits per heavy atom. The van der Waals surface area contributed by atoms with Crippen molar-refractivity contribution in [2.75, 3.05) is 40.7 Å². The van der Waals surface area contributed by atoms with Crippen LogP contribution < -0.4 is 14.2 Å². The molecule has 0 bridgehead atoms. The number of hydrogen-bond acceptors (Lipinski definition) is 7. The van der Waals surface area contributed by atoms with Crippen LogP contribution in [-0.2, 0) is 0 Å². The van der Waals surface area contributed by atoms with Gasteiger partial charge in [0, 0.05) is 36.2 Å². The number of carbonyl (C=O) groups excluding carboxylic acids is 1. The Morgan fingerprint density at radius 3 is 2.26 bits per heavy atom. The fraction of sp³-hybridized carbons (Fsp3) is 0.318. The smallest absolute Gasteiger partial charge is 0.282 e. The predicted molar refractivity (Wildman–Crippen MR) is 119 cm³/mol. The number of nitro benzene ring substituents is 1. The van der Waals surface area contributed by atoms with E-state index in [1.54, 1.807) is 50.5 Å². The van der Waals surface area contributed by atoms with Crippen molar-refractivity contribution in [1.29, 1.82) is 0 Å². The maximum atomic E-state index is 13.1. The summed E-state index contributed by atoms with van der Waals surface area (Å²) in [5.74, 6) is 1.49. The van der Waals surface area contributed by atoms with Crippen LogP contribution in [-0.4, -0.2) is 56.4 Å². The fourth-order valence-electron chi connectivity index (χ4n) is 3.55. The number of hydrogen-bond donors (Lipinski definition) is 0. The van der Waals surface area contributed by atoms with Gasteiger partial charge in [-0.05, 0) is 30.4 Å². The van der Waals surface area contributed by atoms with E-state index in [4.69, 9.17) is 14.2 Å². The molecule has 1 heterocycles. The Bertz CT molecular complexity index is 1010. The molecule has 0 N–H and O–H groups in total. The van der Waals surface area contributed by atoms with Crippen molar-refractivity contribution < 1.29 is 23.9 Å². The largest absolute Gasteiger partial charge is 0.496 e. The monoisotopic (exact) mass is 444 g/mol. The number of nitro groups is 1. The molecule has 1 aliphatic heterocycles. The van der Waals surface area contributed by atoms with Crippen LogP contribution >= 0.6 is 11.8 Å². The molecule has 0 unspecified atom stereocenters. The summed E-state index contributed by atoms with van der Waals surface area (Å²) in [4.78, 5) is 26.4. The third kappa shape index (κ3) is 4.61. The Morgan fingerprint density at radius 1 is 1.10 bits per heavy atom. The fourth-order valence-corrected chi connectivity index (χ4v) is 3.99. The first kappa shape index (κ1) is 22.5. The van der Waals surface area contributed by atoms with Crippen LogP contribution in [0.25, 0.3) is 5.57 Å². The van der Waals surface area contributed by atoms with Crippen molar-refractivity contribution in [3.63, 3.8) is 0 Å². The molecule has 164 valence electrons. The molecule has 0 saturated heterocycles. The number of ether oxygens (including phenoxy) is 3. The molecule has 2 aromatic carbocycles. The van der Waals surface area contributed by atoms with Gasteiger partial charge in [-0.15, -0.1) is 11.8 Å². The van der Waals surface area contributed by atoms with Crippen molar-refractivity contribution in [2.45, 2.75) is 11.3 Å². The number of thioether (sulfide) groups is 1. The molecule has 2 aromatic rings. The van der Waals surface area contributed by atoms with Gasteiger partial charge in [0.2, 0.25) is 0 Å². The second-order valence-electron chi connectivity index (χ2n) is 6.78. The molecule has 0 radical (unpaired) electrons. The van der Waals surface area contributed by atoms with Crippen LogP contribution in [0.3, 0.4) is 0 Å². The third-order valence-corrected chi connectivity index (χ3v) is 5.89. The molecule has 0 aromatic heterocycles. The third-order valence-electron chi connectivity index (χ3n) is 5.16. The van der Waals surface area contributed by atoms with Crippen molar-refractivity contribution in [2.24, 2.45) is 0 Å². The number of methoxy groups -OCH3 is 3. The maximum Gasteiger partial charge on any atom is 0.282 e. The van der Waals surface area contributed by atoms with E-state index in [9.17, 15) is 14.9 Å². The zero-order valence-electron chi connectivity index (χ0n) is 17.8. The van der Waals surface area contributed by atoms with Gasteiger partial charge < -0.3 is 19.1 Å². The lowest BCUT2D eigenvalue weighted by atomic mass is 9.96. The van der Waals surface area contributed by atoms with Crippen molar-refractivity contribution in [3.05, 3.63) is 57.6 Å². The minimum absolute atomic E-state index is 0.105. The highest BCUT2D eigenvalue weighted by atomic mass is 32.2. The summed E-state index contributed by atoms with van der Waals surface area (Å²) >= 11 is 1.43. The van der Waals surface area contributed by atoms with E-state index in [1.165, 1.54) is 17.8 Å². The molecule has 31 heavy (non-hydrogen) atoms. The standard InChI is InChI=1S/C22H24N2O6S/c1-28-15-11-19(29-2)21(20(12-15)30-3)14-7-9-23(10-8-14)22(25)17-13-16(31-4)5-6-18(17)24(26)27/h5-7,11-13H,8-10H2,1-4H3. The van der Waals surface area contributed by atoms with Crippen LogP contribution in [0, 0.1) is 10.1 Å². The number of nitrogens with zero attached hydrogens (tertiary/aromatic N) is 2. The van der Waals surface area contributed by atoms with Gasteiger partial charge in [0.1, 0.15) is 22.8 Å². The van der Waals surface area contributed by atoms with Crippen molar-refractivity contribution in [1.82, 2.24) is 4.90 Å². The number of rotatable bonds is 7. The maximum absolute atomic E-state index is 13.1. The molecular weight excluding hydrogens is 420 g/mol. The van der Waals surface area contributed by atoms with Crippen LogP contribution in [0.1, 0.15) is 22.3 Å². The number of amides is 1. The molecule has 0 spiro atoms. The van der Waals surface area contributed by atoms with Crippen LogP contribution in [0.2, 0.25) is 0 Å². The molecule has 0 aliphatic carbocycles. The van der Waals surface area contributed by atoms with Crippen LogP contribution in [0.4, 0.5) is 5.69 Å². The average Bonchev–Trinajstić information content (AvgIpc) is 2.82. The minimum Gasteiger partial charge on any atom is -0.496 e. The summed E-state index contributed by atoms with van der Waals surface area (Å²) in [6.45, 7) is 0.747. The lowest BCUT2D eigenvalue weighted by Crippen LogP contribution is -2.35. The Labute approximate surface area is 184 Å². The summed E-state index contributed by atoms with van der Waals surface area (Å²) in [6.07, 6.45) is 4.35. The van der Waals surface area contributed by atoms with Crippen LogP contribution in [0.15, 0.2) is 41.3 Å². The van der Waals surface area contributed by atoms with Crippen LogP contribution in [0.5, 0.6) is 17.2 Å². The van der Waals surface area contributed by atoms with Crippen molar-refractivity contribution in [3.8, 4) is 17.2 Å². The number of benzene rings is 2.